The molecule has 6 nitrogen and oxygen atoms in total. The largest absolute Gasteiger partial charge is 0.495 e. The molecule has 3 aromatic rings. The Morgan fingerprint density at radius 1 is 1.14 bits per heavy atom. The average Bonchev–Trinajstić information content (AvgIpc) is 3.14. The first kappa shape index (κ1) is 21.1. The first-order chi connectivity index (χ1) is 13.5. The molecule has 29 heavy (non-hydrogen) atoms. The first-order valence-corrected chi connectivity index (χ1v) is 9.99. The number of methoxy groups -OCH3 is 1. The summed E-state index contributed by atoms with van der Waals surface area (Å²) >= 11 is 3.06. The zero-order valence-corrected chi connectivity index (χ0v) is 16.8. The fraction of sp³-hybridized carbons (Fsp3) is 0.118. The first-order valence-electron chi connectivity index (χ1n) is 7.71. The Kier molecular flexibility index (Phi) is 5.59. The summed E-state index contributed by atoms with van der Waals surface area (Å²) in [5, 5.41) is 3.32. The van der Waals surface area contributed by atoms with Gasteiger partial charge >= 0.3 is 6.18 Å². The SMILES string of the molecule is COc1ccc(-c2cc(C(F)(F)F)on2)cc1S(=O)(=O)Nc1ccc(Br)cc1F. The van der Waals surface area contributed by atoms with Crippen LogP contribution in [-0.2, 0) is 16.2 Å². The van der Waals surface area contributed by atoms with Crippen molar-refractivity contribution < 1.29 is 35.2 Å². The lowest BCUT2D eigenvalue weighted by molar-refractivity contribution is -0.155. The summed E-state index contributed by atoms with van der Waals surface area (Å²) < 4.78 is 89.5. The smallest absolute Gasteiger partial charge is 0.452 e. The van der Waals surface area contributed by atoms with Gasteiger partial charge in [-0.2, -0.15) is 13.2 Å². The molecule has 3 rings (SSSR count). The Morgan fingerprint density at radius 2 is 1.86 bits per heavy atom. The van der Waals surface area contributed by atoms with Crippen molar-refractivity contribution in [2.24, 2.45) is 0 Å². The van der Waals surface area contributed by atoms with Crippen molar-refractivity contribution in [3.05, 3.63) is 58.5 Å². The Balaban J connectivity index is 2.03. The number of aromatic nitrogens is 1. The lowest BCUT2D eigenvalue weighted by Crippen LogP contribution is -2.15. The highest BCUT2D eigenvalue weighted by molar-refractivity contribution is 9.10. The van der Waals surface area contributed by atoms with Crippen molar-refractivity contribution in [3.8, 4) is 17.0 Å². The van der Waals surface area contributed by atoms with E-state index in [1.807, 2.05) is 0 Å². The average molecular weight is 495 g/mol. The number of hydrogen-bond donors (Lipinski definition) is 1. The molecule has 0 atom stereocenters. The lowest BCUT2D eigenvalue weighted by atomic mass is 10.1. The molecule has 1 aromatic heterocycles. The molecular weight excluding hydrogens is 484 g/mol. The molecule has 0 aliphatic carbocycles. The van der Waals surface area contributed by atoms with Gasteiger partial charge in [0, 0.05) is 16.1 Å². The second kappa shape index (κ2) is 7.67. The molecule has 154 valence electrons. The maximum atomic E-state index is 14.0. The van der Waals surface area contributed by atoms with Crippen LogP contribution < -0.4 is 9.46 Å². The maximum Gasteiger partial charge on any atom is 0.452 e. The molecular formula is C17H11BrF4N2O4S. The standard InChI is InChI=1S/C17H11BrF4N2O4S/c1-27-14-5-2-9(13-8-16(28-23-13)17(20,21)22)6-15(14)29(25,26)24-12-4-3-10(18)7-11(12)19/h2-8,24H,1H3. The van der Waals surface area contributed by atoms with Crippen LogP contribution in [0.25, 0.3) is 11.3 Å². The monoisotopic (exact) mass is 494 g/mol. The van der Waals surface area contributed by atoms with E-state index < -0.39 is 32.7 Å². The molecule has 0 amide bonds. The molecule has 1 heterocycles. The number of alkyl halides is 3. The Morgan fingerprint density at radius 3 is 2.45 bits per heavy atom. The van der Waals surface area contributed by atoms with Crippen molar-refractivity contribution in [2.75, 3.05) is 11.8 Å². The third-order valence-corrected chi connectivity index (χ3v) is 5.59. The predicted octanol–water partition coefficient (Wildman–Crippen LogP) is 5.07. The molecule has 0 saturated heterocycles. The van der Waals surface area contributed by atoms with Crippen LogP contribution in [0.3, 0.4) is 0 Å². The van der Waals surface area contributed by atoms with Crippen molar-refractivity contribution in [1.29, 1.82) is 0 Å². The summed E-state index contributed by atoms with van der Waals surface area (Å²) in [7, 11) is -3.14. The van der Waals surface area contributed by atoms with Gasteiger partial charge in [0.15, 0.2) is 0 Å². The van der Waals surface area contributed by atoms with Gasteiger partial charge < -0.3 is 9.26 Å². The van der Waals surface area contributed by atoms with Crippen molar-refractivity contribution >= 4 is 31.6 Å². The van der Waals surface area contributed by atoms with Gasteiger partial charge in [0.1, 0.15) is 22.2 Å². The quantitative estimate of drug-likeness (QED) is 0.500. The van der Waals surface area contributed by atoms with E-state index in [2.05, 4.69) is 30.3 Å². The van der Waals surface area contributed by atoms with E-state index in [1.54, 1.807) is 0 Å². The van der Waals surface area contributed by atoms with Gasteiger partial charge in [-0.3, -0.25) is 4.72 Å². The minimum atomic E-state index is -4.74. The number of nitrogens with one attached hydrogen (secondary N) is 1. The Labute approximate surface area is 170 Å². The van der Waals surface area contributed by atoms with Crippen LogP contribution in [0.5, 0.6) is 5.75 Å². The van der Waals surface area contributed by atoms with Crippen molar-refractivity contribution in [3.63, 3.8) is 0 Å². The zero-order valence-electron chi connectivity index (χ0n) is 14.4. The van der Waals surface area contributed by atoms with Gasteiger partial charge in [-0.1, -0.05) is 21.1 Å². The molecule has 0 spiro atoms. The van der Waals surface area contributed by atoms with Gasteiger partial charge in [-0.25, -0.2) is 12.8 Å². The van der Waals surface area contributed by atoms with Gasteiger partial charge in [0.2, 0.25) is 5.76 Å². The molecule has 2 aromatic carbocycles. The number of nitrogens with zero attached hydrogens (tertiary/aromatic N) is 1. The lowest BCUT2D eigenvalue weighted by Gasteiger charge is -2.13. The molecule has 0 bridgehead atoms. The second-order valence-electron chi connectivity index (χ2n) is 5.67. The molecule has 0 saturated carbocycles. The van der Waals surface area contributed by atoms with E-state index in [4.69, 9.17) is 4.74 Å². The topological polar surface area (TPSA) is 81.4 Å². The number of anilines is 1. The number of ether oxygens (including phenoxy) is 1. The van der Waals surface area contributed by atoms with E-state index in [-0.39, 0.29) is 22.7 Å². The number of hydrogen-bond acceptors (Lipinski definition) is 5. The molecule has 1 N–H and O–H groups in total. The zero-order chi connectivity index (χ0) is 21.4. The third-order valence-electron chi connectivity index (χ3n) is 3.71. The van der Waals surface area contributed by atoms with Crippen molar-refractivity contribution in [1.82, 2.24) is 5.16 Å². The Hall–Kier alpha value is -2.60. The minimum Gasteiger partial charge on any atom is -0.495 e. The molecule has 0 unspecified atom stereocenters. The highest BCUT2D eigenvalue weighted by Crippen LogP contribution is 2.35. The summed E-state index contributed by atoms with van der Waals surface area (Å²) in [6, 6.07) is 7.96. The summed E-state index contributed by atoms with van der Waals surface area (Å²) in [6.07, 6.45) is -4.74. The predicted molar refractivity (Wildman–Crippen MR) is 98.4 cm³/mol. The molecule has 0 fully saturated rings. The van der Waals surface area contributed by atoms with Crippen LogP contribution in [0.2, 0.25) is 0 Å². The van der Waals surface area contributed by atoms with Gasteiger partial charge in [0.25, 0.3) is 10.0 Å². The number of rotatable bonds is 5. The fourth-order valence-corrected chi connectivity index (χ4v) is 3.96. The van der Waals surface area contributed by atoms with Crippen LogP contribution in [-0.4, -0.2) is 20.7 Å². The summed E-state index contributed by atoms with van der Waals surface area (Å²) in [5.74, 6) is -2.26. The maximum absolute atomic E-state index is 14.0. The summed E-state index contributed by atoms with van der Waals surface area (Å²) in [4.78, 5) is -0.420. The molecule has 12 heteroatoms. The van der Waals surface area contributed by atoms with Crippen LogP contribution in [0, 0.1) is 5.82 Å². The molecule has 0 aliphatic rings. The van der Waals surface area contributed by atoms with E-state index in [0.717, 1.165) is 12.1 Å². The van der Waals surface area contributed by atoms with Crippen LogP contribution in [0.4, 0.5) is 23.2 Å². The third kappa shape index (κ3) is 4.53. The second-order valence-corrected chi connectivity index (χ2v) is 8.24. The van der Waals surface area contributed by atoms with Crippen LogP contribution in [0.15, 0.2) is 56.4 Å². The number of sulfonamides is 1. The normalized spacial score (nSPS) is 12.1. The number of benzene rings is 2. The van der Waals surface area contributed by atoms with Crippen molar-refractivity contribution in [2.45, 2.75) is 11.1 Å². The van der Waals surface area contributed by atoms with E-state index >= 15 is 0 Å². The molecule has 0 aliphatic heterocycles. The van der Waals surface area contributed by atoms with Gasteiger partial charge in [-0.15, -0.1) is 0 Å². The van der Waals surface area contributed by atoms with Crippen LogP contribution in [0.1, 0.15) is 5.76 Å². The highest BCUT2D eigenvalue weighted by Gasteiger charge is 2.36. The fourth-order valence-electron chi connectivity index (χ4n) is 2.36. The van der Waals surface area contributed by atoms with E-state index in [1.165, 1.54) is 31.4 Å². The highest BCUT2D eigenvalue weighted by atomic mass is 79.9. The van der Waals surface area contributed by atoms with Crippen LogP contribution >= 0.6 is 15.9 Å². The van der Waals surface area contributed by atoms with Gasteiger partial charge in [-0.05, 0) is 36.4 Å². The minimum absolute atomic E-state index is 0.0294. The van der Waals surface area contributed by atoms with E-state index in [0.29, 0.717) is 10.5 Å². The molecule has 0 radical (unpaired) electrons. The Bertz CT molecular complexity index is 1160. The number of halogens is 5. The van der Waals surface area contributed by atoms with Gasteiger partial charge in [0.05, 0.1) is 12.8 Å². The summed E-state index contributed by atoms with van der Waals surface area (Å²) in [6.45, 7) is 0. The van der Waals surface area contributed by atoms with E-state index in [9.17, 15) is 26.0 Å². The summed E-state index contributed by atoms with van der Waals surface area (Å²) in [5.41, 5.74) is -0.519.